The summed E-state index contributed by atoms with van der Waals surface area (Å²) in [5.74, 6) is 0.0116. The molecule has 11 heavy (non-hydrogen) atoms. The maximum absolute atomic E-state index is 10.9. The lowest BCUT2D eigenvalue weighted by molar-refractivity contribution is -0.118. The average Bonchev–Trinajstić information content (AvgIpc) is 2.10. The van der Waals surface area contributed by atoms with Gasteiger partial charge in [0.15, 0.2) is 0 Å². The Kier molecular flexibility index (Phi) is 2.51. The Balaban J connectivity index is 2.67. The number of hydrogen-bond acceptors (Lipinski definition) is 3. The van der Waals surface area contributed by atoms with Gasteiger partial charge in [-0.15, -0.1) is 0 Å². The molecule has 1 aliphatic heterocycles. The van der Waals surface area contributed by atoms with Crippen molar-refractivity contribution in [2.24, 2.45) is 5.73 Å². The number of amides is 1. The highest BCUT2D eigenvalue weighted by molar-refractivity contribution is 8.04. The third-order valence-corrected chi connectivity index (χ3v) is 2.35. The second-order valence-electron chi connectivity index (χ2n) is 2.16. The average molecular weight is 188 g/mol. The van der Waals surface area contributed by atoms with Gasteiger partial charge < -0.3 is 11.1 Å². The third-order valence-electron chi connectivity index (χ3n) is 1.19. The van der Waals surface area contributed by atoms with Crippen molar-refractivity contribution >= 4 is 34.9 Å². The first-order valence-electron chi connectivity index (χ1n) is 3.08. The Bertz CT molecular complexity index is 237. The molecule has 1 saturated heterocycles. The summed E-state index contributed by atoms with van der Waals surface area (Å²) in [6.07, 6.45) is 1.58. The van der Waals surface area contributed by atoms with E-state index in [1.165, 1.54) is 11.8 Å². The second kappa shape index (κ2) is 3.23. The molecular formula is C6H8N2OS2. The van der Waals surface area contributed by atoms with Crippen LogP contribution in [0.4, 0.5) is 0 Å². The van der Waals surface area contributed by atoms with E-state index in [0.29, 0.717) is 4.99 Å². The Hall–Kier alpha value is -0.550. The molecule has 1 amide bonds. The number of nitrogens with two attached hydrogens (primary N) is 1. The van der Waals surface area contributed by atoms with Crippen molar-refractivity contribution in [1.29, 1.82) is 0 Å². The van der Waals surface area contributed by atoms with Crippen LogP contribution in [0.2, 0.25) is 0 Å². The second-order valence-corrected chi connectivity index (χ2v) is 4.01. The van der Waals surface area contributed by atoms with Gasteiger partial charge in [0.2, 0.25) is 5.91 Å². The minimum Gasteiger partial charge on any atom is -0.390 e. The molecular weight excluding hydrogens is 180 g/mol. The van der Waals surface area contributed by atoms with E-state index >= 15 is 0 Å². The van der Waals surface area contributed by atoms with Gasteiger partial charge in [-0.05, 0) is 6.92 Å². The number of carbonyl (C=O) groups excluding carboxylic acids is 1. The molecule has 3 nitrogen and oxygen atoms in total. The molecule has 60 valence electrons. The summed E-state index contributed by atoms with van der Waals surface area (Å²) in [5, 5.41) is 3.37. The summed E-state index contributed by atoms with van der Waals surface area (Å²) in [4.78, 5) is 11.2. The summed E-state index contributed by atoms with van der Waals surface area (Å²) < 4.78 is 0. The van der Waals surface area contributed by atoms with Crippen LogP contribution in [-0.2, 0) is 4.79 Å². The van der Waals surface area contributed by atoms with Crippen molar-refractivity contribution in [3.05, 3.63) is 11.1 Å². The zero-order valence-corrected chi connectivity index (χ0v) is 7.59. The molecule has 1 heterocycles. The van der Waals surface area contributed by atoms with E-state index in [-0.39, 0.29) is 11.2 Å². The van der Waals surface area contributed by atoms with Crippen LogP contribution < -0.4 is 11.1 Å². The normalized spacial score (nSPS) is 27.2. The molecule has 0 aromatic rings. The van der Waals surface area contributed by atoms with Crippen LogP contribution >= 0.6 is 24.0 Å². The van der Waals surface area contributed by atoms with Crippen LogP contribution in [0.25, 0.3) is 0 Å². The van der Waals surface area contributed by atoms with Crippen molar-refractivity contribution in [2.75, 3.05) is 0 Å². The van der Waals surface area contributed by atoms with Gasteiger partial charge in [-0.1, -0.05) is 24.0 Å². The molecule has 1 aliphatic rings. The van der Waals surface area contributed by atoms with E-state index < -0.39 is 0 Å². The van der Waals surface area contributed by atoms with Crippen molar-refractivity contribution < 1.29 is 4.79 Å². The molecule has 0 radical (unpaired) electrons. The van der Waals surface area contributed by atoms with Crippen LogP contribution in [0.15, 0.2) is 11.1 Å². The molecule has 0 bridgehead atoms. The van der Waals surface area contributed by atoms with E-state index in [4.69, 9.17) is 5.73 Å². The van der Waals surface area contributed by atoms with Crippen molar-refractivity contribution in [3.8, 4) is 0 Å². The lowest BCUT2D eigenvalue weighted by atomic mass is 10.4. The molecule has 5 heteroatoms. The van der Waals surface area contributed by atoms with Crippen LogP contribution in [-0.4, -0.2) is 16.1 Å². The Morgan fingerprint density at radius 2 is 2.55 bits per heavy atom. The fourth-order valence-corrected chi connectivity index (χ4v) is 1.79. The molecule has 1 rings (SSSR count). The third kappa shape index (κ3) is 2.20. The minimum atomic E-state index is -0.0319. The summed E-state index contributed by atoms with van der Waals surface area (Å²) in [6, 6.07) is 0. The Morgan fingerprint density at radius 3 is 2.91 bits per heavy atom. The predicted molar refractivity (Wildman–Crippen MR) is 50.1 cm³/mol. The SMILES string of the molecule is CC1SC(=CC(N)=S)NC1=O. The van der Waals surface area contributed by atoms with Gasteiger partial charge in [-0.25, -0.2) is 0 Å². The molecule has 0 aromatic carbocycles. The summed E-state index contributed by atoms with van der Waals surface area (Å²) in [6.45, 7) is 1.83. The van der Waals surface area contributed by atoms with Gasteiger partial charge in [0.05, 0.1) is 15.3 Å². The standard InChI is InChI=1S/C6H8N2OS2/c1-3-6(9)8-5(11-3)2-4(7)10/h2-3H,1H3,(H2,7,10)(H,8,9). The molecule has 1 atom stereocenters. The van der Waals surface area contributed by atoms with E-state index in [1.807, 2.05) is 6.92 Å². The van der Waals surface area contributed by atoms with Gasteiger partial charge in [-0.2, -0.15) is 0 Å². The molecule has 0 saturated carbocycles. The number of thioether (sulfide) groups is 1. The fourth-order valence-electron chi connectivity index (χ4n) is 0.696. The van der Waals surface area contributed by atoms with Crippen LogP contribution in [0, 0.1) is 0 Å². The lowest BCUT2D eigenvalue weighted by Gasteiger charge is -1.92. The largest absolute Gasteiger partial charge is 0.390 e. The van der Waals surface area contributed by atoms with Gasteiger partial charge in [-0.3, -0.25) is 4.79 Å². The summed E-state index contributed by atoms with van der Waals surface area (Å²) in [7, 11) is 0. The molecule has 0 aliphatic carbocycles. The van der Waals surface area contributed by atoms with E-state index in [1.54, 1.807) is 6.08 Å². The highest BCUT2D eigenvalue weighted by atomic mass is 32.2. The monoisotopic (exact) mass is 188 g/mol. The van der Waals surface area contributed by atoms with E-state index in [0.717, 1.165) is 5.03 Å². The fraction of sp³-hybridized carbons (Fsp3) is 0.333. The number of carbonyl (C=O) groups is 1. The topological polar surface area (TPSA) is 55.1 Å². The van der Waals surface area contributed by atoms with Crippen molar-refractivity contribution in [1.82, 2.24) is 5.32 Å². The summed E-state index contributed by atoms with van der Waals surface area (Å²) in [5.41, 5.74) is 5.25. The lowest BCUT2D eigenvalue weighted by Crippen LogP contribution is -2.20. The Labute approximate surface area is 74.4 Å². The van der Waals surface area contributed by atoms with Crippen LogP contribution in [0.3, 0.4) is 0 Å². The van der Waals surface area contributed by atoms with Gasteiger partial charge in [0.25, 0.3) is 0 Å². The van der Waals surface area contributed by atoms with Gasteiger partial charge >= 0.3 is 0 Å². The zero-order chi connectivity index (χ0) is 8.43. The first-order chi connectivity index (χ1) is 5.09. The first-order valence-corrected chi connectivity index (χ1v) is 4.37. The maximum atomic E-state index is 10.9. The number of thiocarbonyl (C=S) groups is 1. The zero-order valence-electron chi connectivity index (χ0n) is 5.96. The van der Waals surface area contributed by atoms with E-state index in [2.05, 4.69) is 17.5 Å². The minimum absolute atomic E-state index is 0.0116. The van der Waals surface area contributed by atoms with Gasteiger partial charge in [0.1, 0.15) is 0 Å². The Morgan fingerprint density at radius 1 is 1.91 bits per heavy atom. The molecule has 1 fully saturated rings. The van der Waals surface area contributed by atoms with Crippen LogP contribution in [0.1, 0.15) is 6.92 Å². The first kappa shape index (κ1) is 8.55. The van der Waals surface area contributed by atoms with Crippen molar-refractivity contribution in [2.45, 2.75) is 12.2 Å². The summed E-state index contributed by atoms with van der Waals surface area (Å²) >= 11 is 6.08. The van der Waals surface area contributed by atoms with Crippen LogP contribution in [0.5, 0.6) is 0 Å². The van der Waals surface area contributed by atoms with E-state index in [9.17, 15) is 4.79 Å². The number of rotatable bonds is 1. The maximum Gasteiger partial charge on any atom is 0.238 e. The smallest absolute Gasteiger partial charge is 0.238 e. The number of hydrogen-bond donors (Lipinski definition) is 2. The molecule has 3 N–H and O–H groups in total. The number of nitrogens with one attached hydrogen (secondary N) is 1. The van der Waals surface area contributed by atoms with Crippen molar-refractivity contribution in [3.63, 3.8) is 0 Å². The highest BCUT2D eigenvalue weighted by Gasteiger charge is 2.23. The predicted octanol–water partition coefficient (Wildman–Crippen LogP) is 0.365. The van der Waals surface area contributed by atoms with Gasteiger partial charge in [0, 0.05) is 6.08 Å². The molecule has 1 unspecified atom stereocenters. The molecule has 0 spiro atoms. The quantitative estimate of drug-likeness (QED) is 0.461. The molecule has 0 aromatic heterocycles. The highest BCUT2D eigenvalue weighted by Crippen LogP contribution is 2.25.